The Balaban J connectivity index is 1.70. The van der Waals surface area contributed by atoms with Gasteiger partial charge < -0.3 is 15.4 Å². The number of urea groups is 1. The summed E-state index contributed by atoms with van der Waals surface area (Å²) in [4.78, 5) is 11.5. The third-order valence-electron chi connectivity index (χ3n) is 2.85. The van der Waals surface area contributed by atoms with Gasteiger partial charge in [0.05, 0.1) is 6.10 Å². The van der Waals surface area contributed by atoms with Crippen LogP contribution in [0.3, 0.4) is 0 Å². The molecule has 2 N–H and O–H groups in total. The summed E-state index contributed by atoms with van der Waals surface area (Å²) in [7, 11) is 0. The van der Waals surface area contributed by atoms with Crippen LogP contribution in [0.1, 0.15) is 18.4 Å². The first kappa shape index (κ1) is 14.1. The van der Waals surface area contributed by atoms with Crippen molar-refractivity contribution in [3.8, 4) is 0 Å². The molecule has 1 aliphatic heterocycles. The lowest BCUT2D eigenvalue weighted by Gasteiger charge is -2.10. The van der Waals surface area contributed by atoms with Crippen LogP contribution in [0.2, 0.25) is 0 Å². The Hall–Kier alpha value is -1.33. The second-order valence-corrected chi connectivity index (χ2v) is 5.29. The first-order chi connectivity index (χ1) is 9.24. The van der Waals surface area contributed by atoms with E-state index >= 15 is 0 Å². The maximum Gasteiger partial charge on any atom is 0.318 e. The molecule has 0 radical (unpaired) electrons. The fourth-order valence-electron chi connectivity index (χ4n) is 1.89. The molecule has 2 amide bonds. The zero-order chi connectivity index (χ0) is 13.5. The molecule has 0 saturated carbocycles. The van der Waals surface area contributed by atoms with Crippen LogP contribution in [0.4, 0.5) is 4.79 Å². The maximum atomic E-state index is 11.5. The fourth-order valence-corrected chi connectivity index (χ4v) is 2.30. The minimum atomic E-state index is -0.207. The third kappa shape index (κ3) is 5.04. The minimum Gasteiger partial charge on any atom is -0.376 e. The van der Waals surface area contributed by atoms with Gasteiger partial charge in [-0.15, -0.1) is 0 Å². The number of ether oxygens (including phenoxy) is 1. The molecule has 4 nitrogen and oxygen atoms in total. The van der Waals surface area contributed by atoms with Gasteiger partial charge in [0.1, 0.15) is 0 Å². The molecule has 1 aliphatic rings. The monoisotopic (exact) mass is 324 g/mol. The average molecular weight is 325 g/mol. The molecule has 1 aromatic carbocycles. The van der Waals surface area contributed by atoms with Crippen molar-refractivity contribution in [3.05, 3.63) is 40.5 Å². The van der Waals surface area contributed by atoms with Gasteiger partial charge in [0.25, 0.3) is 0 Å². The first-order valence-electron chi connectivity index (χ1n) is 6.32. The number of halogens is 1. The lowest BCUT2D eigenvalue weighted by atomic mass is 10.2. The van der Waals surface area contributed by atoms with Gasteiger partial charge >= 0.3 is 6.03 Å². The highest BCUT2D eigenvalue weighted by Gasteiger charge is 2.15. The second kappa shape index (κ2) is 7.31. The molecule has 102 valence electrons. The van der Waals surface area contributed by atoms with Gasteiger partial charge in [-0.3, -0.25) is 0 Å². The molecule has 0 aromatic heterocycles. The van der Waals surface area contributed by atoms with Crippen LogP contribution in [-0.4, -0.2) is 25.3 Å². The molecule has 1 aromatic rings. The number of benzene rings is 1. The van der Waals surface area contributed by atoms with E-state index in [1.165, 1.54) is 0 Å². The van der Waals surface area contributed by atoms with E-state index in [0.717, 1.165) is 29.5 Å². The highest BCUT2D eigenvalue weighted by Crippen LogP contribution is 2.12. The van der Waals surface area contributed by atoms with E-state index in [2.05, 4.69) is 26.6 Å². The zero-order valence-electron chi connectivity index (χ0n) is 10.6. The van der Waals surface area contributed by atoms with Crippen LogP contribution in [0.15, 0.2) is 34.9 Å². The summed E-state index contributed by atoms with van der Waals surface area (Å²) in [5.74, 6) is 0. The number of carbonyl (C=O) groups excluding carboxylic acids is 1. The van der Waals surface area contributed by atoms with Gasteiger partial charge in [0, 0.05) is 23.8 Å². The molecule has 2 rings (SSSR count). The van der Waals surface area contributed by atoms with Crippen molar-refractivity contribution in [3.63, 3.8) is 0 Å². The minimum absolute atomic E-state index is 0.166. The average Bonchev–Trinajstić information content (AvgIpc) is 2.89. The quantitative estimate of drug-likeness (QED) is 0.894. The van der Waals surface area contributed by atoms with Crippen molar-refractivity contribution in [1.29, 1.82) is 0 Å². The highest BCUT2D eigenvalue weighted by molar-refractivity contribution is 9.10. The van der Waals surface area contributed by atoms with Gasteiger partial charge in [0.2, 0.25) is 0 Å². The Morgan fingerprint density at radius 1 is 1.53 bits per heavy atom. The van der Waals surface area contributed by atoms with Crippen LogP contribution in [0.5, 0.6) is 0 Å². The van der Waals surface area contributed by atoms with Crippen LogP contribution in [-0.2, 0) is 4.74 Å². The fraction of sp³-hybridized carbons (Fsp3) is 0.357. The summed E-state index contributed by atoms with van der Waals surface area (Å²) >= 11 is 3.40. The predicted molar refractivity (Wildman–Crippen MR) is 78.7 cm³/mol. The molecular weight excluding hydrogens is 308 g/mol. The van der Waals surface area contributed by atoms with E-state index in [4.69, 9.17) is 4.74 Å². The topological polar surface area (TPSA) is 50.4 Å². The number of rotatable bonds is 4. The molecule has 0 bridgehead atoms. The van der Waals surface area contributed by atoms with Crippen LogP contribution < -0.4 is 10.6 Å². The highest BCUT2D eigenvalue weighted by atomic mass is 79.9. The van der Waals surface area contributed by atoms with Crippen molar-refractivity contribution in [2.75, 3.05) is 13.2 Å². The van der Waals surface area contributed by atoms with Gasteiger partial charge in [-0.25, -0.2) is 4.79 Å². The van der Waals surface area contributed by atoms with Crippen molar-refractivity contribution in [1.82, 2.24) is 10.6 Å². The second-order valence-electron chi connectivity index (χ2n) is 4.38. The third-order valence-corrected chi connectivity index (χ3v) is 3.35. The van der Waals surface area contributed by atoms with E-state index in [1.54, 1.807) is 6.20 Å². The Morgan fingerprint density at radius 2 is 2.42 bits per heavy atom. The Bertz CT molecular complexity index is 457. The predicted octanol–water partition coefficient (Wildman–Crippen LogP) is 2.90. The molecule has 1 atom stereocenters. The Morgan fingerprint density at radius 3 is 3.16 bits per heavy atom. The lowest BCUT2D eigenvalue weighted by Crippen LogP contribution is -2.37. The van der Waals surface area contributed by atoms with Gasteiger partial charge in [-0.05, 0) is 36.6 Å². The summed E-state index contributed by atoms with van der Waals surface area (Å²) in [6.07, 6.45) is 5.74. The SMILES string of the molecule is O=C(N/C=C/c1cccc(Br)c1)NCC1CCCO1. The summed E-state index contributed by atoms with van der Waals surface area (Å²) in [5, 5.41) is 5.46. The maximum absolute atomic E-state index is 11.5. The van der Waals surface area contributed by atoms with Gasteiger partial charge in [0.15, 0.2) is 0 Å². The van der Waals surface area contributed by atoms with Crippen LogP contribution in [0.25, 0.3) is 6.08 Å². The van der Waals surface area contributed by atoms with E-state index in [1.807, 2.05) is 30.3 Å². The van der Waals surface area contributed by atoms with Crippen LogP contribution in [0, 0.1) is 0 Å². The molecule has 1 saturated heterocycles. The molecule has 1 fully saturated rings. The van der Waals surface area contributed by atoms with Crippen molar-refractivity contribution in [2.45, 2.75) is 18.9 Å². The molecular formula is C14H17BrN2O2. The number of hydrogen-bond acceptors (Lipinski definition) is 2. The normalized spacial score (nSPS) is 18.7. The summed E-state index contributed by atoms with van der Waals surface area (Å²) in [6.45, 7) is 1.37. The van der Waals surface area contributed by atoms with Gasteiger partial charge in [-0.1, -0.05) is 28.1 Å². The number of amides is 2. The molecule has 0 aliphatic carbocycles. The Kier molecular flexibility index (Phi) is 5.42. The molecule has 19 heavy (non-hydrogen) atoms. The van der Waals surface area contributed by atoms with Gasteiger partial charge in [-0.2, -0.15) is 0 Å². The number of carbonyl (C=O) groups is 1. The zero-order valence-corrected chi connectivity index (χ0v) is 12.2. The summed E-state index contributed by atoms with van der Waals surface area (Å²) in [6, 6.07) is 7.64. The lowest BCUT2D eigenvalue weighted by molar-refractivity contribution is 0.111. The first-order valence-corrected chi connectivity index (χ1v) is 7.11. The number of nitrogens with one attached hydrogen (secondary N) is 2. The van der Waals surface area contributed by atoms with E-state index < -0.39 is 0 Å². The van der Waals surface area contributed by atoms with E-state index in [0.29, 0.717) is 6.54 Å². The standard InChI is InChI=1S/C14H17BrN2O2/c15-12-4-1-3-11(9-12)6-7-16-14(18)17-10-13-5-2-8-19-13/h1,3-4,6-7,9,13H,2,5,8,10H2,(H2,16,17,18)/b7-6+. The largest absolute Gasteiger partial charge is 0.376 e. The van der Waals surface area contributed by atoms with E-state index in [-0.39, 0.29) is 12.1 Å². The molecule has 1 unspecified atom stereocenters. The van der Waals surface area contributed by atoms with Crippen molar-refractivity contribution < 1.29 is 9.53 Å². The summed E-state index contributed by atoms with van der Waals surface area (Å²) < 4.78 is 6.44. The van der Waals surface area contributed by atoms with Crippen molar-refractivity contribution >= 4 is 28.0 Å². The smallest absolute Gasteiger partial charge is 0.318 e. The summed E-state index contributed by atoms with van der Waals surface area (Å²) in [5.41, 5.74) is 1.02. The molecule has 0 spiro atoms. The Labute approximate surface area is 121 Å². The molecule has 5 heteroatoms. The molecule has 1 heterocycles. The van der Waals surface area contributed by atoms with Crippen LogP contribution >= 0.6 is 15.9 Å². The van der Waals surface area contributed by atoms with E-state index in [9.17, 15) is 4.79 Å². The number of hydrogen-bond donors (Lipinski definition) is 2. The van der Waals surface area contributed by atoms with Crippen molar-refractivity contribution in [2.24, 2.45) is 0 Å².